The van der Waals surface area contributed by atoms with E-state index < -0.39 is 5.97 Å². The summed E-state index contributed by atoms with van der Waals surface area (Å²) in [6.07, 6.45) is 0. The topological polar surface area (TPSA) is 54.0 Å². The minimum absolute atomic E-state index is 0.121. The van der Waals surface area contributed by atoms with Crippen LogP contribution in [0.1, 0.15) is 15.9 Å². The van der Waals surface area contributed by atoms with E-state index in [0.717, 1.165) is 5.56 Å². The van der Waals surface area contributed by atoms with Gasteiger partial charge in [0.25, 0.3) is 0 Å². The van der Waals surface area contributed by atoms with Gasteiger partial charge < -0.3 is 18.9 Å². The molecule has 3 aromatic carbocycles. The Bertz CT molecular complexity index is 926. The van der Waals surface area contributed by atoms with Crippen LogP contribution in [0.3, 0.4) is 0 Å². The van der Waals surface area contributed by atoms with E-state index in [0.29, 0.717) is 34.4 Å². The number of halogens is 1. The van der Waals surface area contributed by atoms with Crippen molar-refractivity contribution >= 4 is 17.6 Å². The van der Waals surface area contributed by atoms with Crippen LogP contribution in [-0.4, -0.2) is 26.3 Å². The molecule has 0 saturated carbocycles. The van der Waals surface area contributed by atoms with Gasteiger partial charge in [-0.05, 0) is 48.0 Å². The molecule has 0 spiro atoms. The Balaban J connectivity index is 1.51. The molecule has 150 valence electrons. The first kappa shape index (κ1) is 20.6. The Kier molecular flexibility index (Phi) is 7.36. The lowest BCUT2D eigenvalue weighted by Crippen LogP contribution is -2.12. The lowest BCUT2D eigenvalue weighted by molar-refractivity contribution is 0.0450. The van der Waals surface area contributed by atoms with Crippen molar-refractivity contribution in [2.24, 2.45) is 0 Å². The highest BCUT2D eigenvalue weighted by atomic mass is 35.5. The van der Waals surface area contributed by atoms with E-state index in [1.807, 2.05) is 30.3 Å². The fourth-order valence-electron chi connectivity index (χ4n) is 2.56. The normalized spacial score (nSPS) is 10.3. The zero-order chi connectivity index (χ0) is 20.5. The number of ether oxygens (including phenoxy) is 4. The minimum atomic E-state index is -0.461. The highest BCUT2D eigenvalue weighted by Gasteiger charge is 2.12. The van der Waals surface area contributed by atoms with Crippen molar-refractivity contribution < 1.29 is 23.7 Å². The summed E-state index contributed by atoms with van der Waals surface area (Å²) >= 11 is 5.83. The van der Waals surface area contributed by atoms with E-state index in [1.54, 1.807) is 42.5 Å². The molecule has 0 N–H and O–H groups in total. The van der Waals surface area contributed by atoms with E-state index in [1.165, 1.54) is 7.11 Å². The second-order valence-corrected chi connectivity index (χ2v) is 6.51. The molecule has 5 nitrogen and oxygen atoms in total. The summed E-state index contributed by atoms with van der Waals surface area (Å²) in [5.74, 6) is 1.22. The molecule has 0 aliphatic rings. The largest absolute Gasteiger partial charge is 0.493 e. The quantitative estimate of drug-likeness (QED) is 0.359. The number of hydrogen-bond acceptors (Lipinski definition) is 5. The molecule has 0 bridgehead atoms. The van der Waals surface area contributed by atoms with Gasteiger partial charge in [-0.15, -0.1) is 0 Å². The lowest BCUT2D eigenvalue weighted by atomic mass is 10.2. The zero-order valence-electron chi connectivity index (χ0n) is 16.0. The van der Waals surface area contributed by atoms with Gasteiger partial charge in [-0.25, -0.2) is 4.79 Å². The SMILES string of the molecule is COc1cc(C(=O)OCCOc2ccc(Cl)cc2)ccc1OCc1ccccc1. The molecule has 3 aromatic rings. The van der Waals surface area contributed by atoms with Gasteiger partial charge in [-0.2, -0.15) is 0 Å². The number of esters is 1. The van der Waals surface area contributed by atoms with Gasteiger partial charge in [0, 0.05) is 5.02 Å². The number of carbonyl (C=O) groups is 1. The van der Waals surface area contributed by atoms with Gasteiger partial charge in [0.1, 0.15) is 25.6 Å². The lowest BCUT2D eigenvalue weighted by Gasteiger charge is -2.12. The van der Waals surface area contributed by atoms with E-state index in [4.69, 9.17) is 30.5 Å². The average molecular weight is 413 g/mol. The number of methoxy groups -OCH3 is 1. The van der Waals surface area contributed by atoms with Crippen molar-refractivity contribution in [3.8, 4) is 17.2 Å². The molecule has 0 unspecified atom stereocenters. The van der Waals surface area contributed by atoms with Crippen molar-refractivity contribution in [2.75, 3.05) is 20.3 Å². The van der Waals surface area contributed by atoms with Crippen LogP contribution in [-0.2, 0) is 11.3 Å². The van der Waals surface area contributed by atoms with E-state index in [9.17, 15) is 4.79 Å². The van der Waals surface area contributed by atoms with Crippen LogP contribution in [0.5, 0.6) is 17.2 Å². The zero-order valence-corrected chi connectivity index (χ0v) is 16.7. The summed E-state index contributed by atoms with van der Waals surface area (Å²) in [5, 5.41) is 0.633. The summed E-state index contributed by atoms with van der Waals surface area (Å²) < 4.78 is 21.9. The first-order valence-corrected chi connectivity index (χ1v) is 9.44. The molecule has 0 atom stereocenters. The first-order chi connectivity index (χ1) is 14.2. The van der Waals surface area contributed by atoms with Gasteiger partial charge >= 0.3 is 5.97 Å². The summed E-state index contributed by atoms with van der Waals surface area (Å²) in [6.45, 7) is 0.766. The molecule has 6 heteroatoms. The molecule has 0 saturated heterocycles. The third-order valence-corrected chi connectivity index (χ3v) is 4.29. The Labute approximate surface area is 174 Å². The molecule has 0 fully saturated rings. The summed E-state index contributed by atoms with van der Waals surface area (Å²) in [6, 6.07) is 21.7. The highest BCUT2D eigenvalue weighted by Crippen LogP contribution is 2.29. The van der Waals surface area contributed by atoms with Gasteiger partial charge in [0.05, 0.1) is 12.7 Å². The predicted molar refractivity (Wildman–Crippen MR) is 111 cm³/mol. The van der Waals surface area contributed by atoms with Crippen molar-refractivity contribution in [3.63, 3.8) is 0 Å². The minimum Gasteiger partial charge on any atom is -0.493 e. The van der Waals surface area contributed by atoms with E-state index >= 15 is 0 Å². The van der Waals surface area contributed by atoms with Crippen LogP contribution in [0.25, 0.3) is 0 Å². The molecule has 0 aliphatic heterocycles. The Morgan fingerprint density at radius 1 is 0.862 bits per heavy atom. The maximum absolute atomic E-state index is 12.3. The molecule has 0 radical (unpaired) electrons. The number of carbonyl (C=O) groups excluding carboxylic acids is 1. The summed E-state index contributed by atoms with van der Waals surface area (Å²) in [4.78, 5) is 12.3. The predicted octanol–water partition coefficient (Wildman–Crippen LogP) is 5.16. The van der Waals surface area contributed by atoms with Crippen LogP contribution in [0.4, 0.5) is 0 Å². The summed E-state index contributed by atoms with van der Waals surface area (Å²) in [5.41, 5.74) is 1.42. The van der Waals surface area contributed by atoms with Crippen LogP contribution < -0.4 is 14.2 Å². The van der Waals surface area contributed by atoms with Crippen LogP contribution in [0.15, 0.2) is 72.8 Å². The summed E-state index contributed by atoms with van der Waals surface area (Å²) in [7, 11) is 1.53. The van der Waals surface area contributed by atoms with Crippen molar-refractivity contribution in [1.82, 2.24) is 0 Å². The average Bonchev–Trinajstić information content (AvgIpc) is 2.77. The third-order valence-electron chi connectivity index (χ3n) is 4.04. The molecule has 0 heterocycles. The first-order valence-electron chi connectivity index (χ1n) is 9.06. The third kappa shape index (κ3) is 6.16. The van der Waals surface area contributed by atoms with Gasteiger partial charge in [-0.1, -0.05) is 41.9 Å². The monoisotopic (exact) mass is 412 g/mol. The van der Waals surface area contributed by atoms with Crippen molar-refractivity contribution in [3.05, 3.63) is 88.9 Å². The van der Waals surface area contributed by atoms with Crippen LogP contribution in [0, 0.1) is 0 Å². The van der Waals surface area contributed by atoms with E-state index in [-0.39, 0.29) is 13.2 Å². The van der Waals surface area contributed by atoms with Gasteiger partial charge in [0.15, 0.2) is 11.5 Å². The number of rotatable bonds is 9. The van der Waals surface area contributed by atoms with Gasteiger partial charge in [0.2, 0.25) is 0 Å². The Morgan fingerprint density at radius 2 is 1.62 bits per heavy atom. The van der Waals surface area contributed by atoms with Crippen LogP contribution in [0.2, 0.25) is 5.02 Å². The molecule has 3 rings (SSSR count). The van der Waals surface area contributed by atoms with E-state index in [2.05, 4.69) is 0 Å². The second-order valence-electron chi connectivity index (χ2n) is 6.08. The molecule has 0 aromatic heterocycles. The Morgan fingerprint density at radius 3 is 2.34 bits per heavy atom. The maximum atomic E-state index is 12.3. The Hall–Kier alpha value is -3.18. The number of benzene rings is 3. The number of hydrogen-bond donors (Lipinski definition) is 0. The van der Waals surface area contributed by atoms with Crippen LogP contribution >= 0.6 is 11.6 Å². The molecule has 0 aliphatic carbocycles. The highest BCUT2D eigenvalue weighted by molar-refractivity contribution is 6.30. The molecular weight excluding hydrogens is 392 g/mol. The van der Waals surface area contributed by atoms with Gasteiger partial charge in [-0.3, -0.25) is 0 Å². The second kappa shape index (κ2) is 10.4. The molecular formula is C23H21ClO5. The maximum Gasteiger partial charge on any atom is 0.338 e. The standard InChI is InChI=1S/C23H21ClO5/c1-26-22-15-18(7-12-21(22)29-16-17-5-3-2-4-6-17)23(25)28-14-13-27-20-10-8-19(24)9-11-20/h2-12,15H,13-14,16H2,1H3. The van der Waals surface area contributed by atoms with Crippen molar-refractivity contribution in [2.45, 2.75) is 6.61 Å². The fraction of sp³-hybridized carbons (Fsp3) is 0.174. The molecule has 0 amide bonds. The fourth-order valence-corrected chi connectivity index (χ4v) is 2.68. The van der Waals surface area contributed by atoms with Crippen molar-refractivity contribution in [1.29, 1.82) is 0 Å². The molecule has 29 heavy (non-hydrogen) atoms. The smallest absolute Gasteiger partial charge is 0.338 e.